The Balaban J connectivity index is 1.83. The summed E-state index contributed by atoms with van der Waals surface area (Å²) in [6, 6.07) is 8.93. The predicted molar refractivity (Wildman–Crippen MR) is 70.0 cm³/mol. The van der Waals surface area contributed by atoms with Gasteiger partial charge in [0.15, 0.2) is 0 Å². The van der Waals surface area contributed by atoms with E-state index in [1.54, 1.807) is 0 Å². The van der Waals surface area contributed by atoms with Crippen LogP contribution in [0.5, 0.6) is 0 Å². The van der Waals surface area contributed by atoms with Crippen molar-refractivity contribution in [2.75, 3.05) is 0 Å². The standard InChI is InChI=1S/C15H19NO/c1-10-12(9-16-14-8-15(14,2)3)11-6-4-5-7-13(11)17-10/h4-7,14,16H,8-9H2,1-3H3. The monoisotopic (exact) mass is 229 g/mol. The Bertz CT molecular complexity index is 553. The molecule has 1 saturated carbocycles. The Morgan fingerprint density at radius 3 is 2.76 bits per heavy atom. The summed E-state index contributed by atoms with van der Waals surface area (Å²) >= 11 is 0. The number of hydrogen-bond acceptors (Lipinski definition) is 2. The molecular formula is C15H19NO. The van der Waals surface area contributed by atoms with Gasteiger partial charge in [-0.25, -0.2) is 0 Å². The summed E-state index contributed by atoms with van der Waals surface area (Å²) in [5, 5.41) is 4.87. The third kappa shape index (κ3) is 1.87. The Hall–Kier alpha value is -1.28. The maximum atomic E-state index is 5.76. The van der Waals surface area contributed by atoms with E-state index in [-0.39, 0.29) is 0 Å². The Morgan fingerprint density at radius 2 is 2.06 bits per heavy atom. The number of benzene rings is 1. The number of furan rings is 1. The molecule has 1 aromatic heterocycles. The van der Waals surface area contributed by atoms with E-state index in [0.717, 1.165) is 17.9 Å². The highest BCUT2D eigenvalue weighted by atomic mass is 16.3. The molecule has 1 unspecified atom stereocenters. The van der Waals surface area contributed by atoms with Crippen LogP contribution < -0.4 is 5.32 Å². The summed E-state index contributed by atoms with van der Waals surface area (Å²) in [5.41, 5.74) is 2.79. The van der Waals surface area contributed by atoms with Crippen molar-refractivity contribution in [2.24, 2.45) is 5.41 Å². The molecule has 2 aromatic rings. The molecule has 2 heteroatoms. The third-order valence-electron chi connectivity index (χ3n) is 3.94. The van der Waals surface area contributed by atoms with E-state index < -0.39 is 0 Å². The number of hydrogen-bond donors (Lipinski definition) is 1. The topological polar surface area (TPSA) is 25.2 Å². The van der Waals surface area contributed by atoms with Crippen molar-refractivity contribution in [2.45, 2.75) is 39.8 Å². The highest BCUT2D eigenvalue weighted by molar-refractivity contribution is 5.82. The summed E-state index contributed by atoms with van der Waals surface area (Å²) in [4.78, 5) is 0. The predicted octanol–water partition coefficient (Wildman–Crippen LogP) is 3.63. The molecule has 0 spiro atoms. The maximum absolute atomic E-state index is 5.76. The van der Waals surface area contributed by atoms with Gasteiger partial charge in [-0.3, -0.25) is 0 Å². The number of nitrogens with one attached hydrogen (secondary N) is 1. The first-order valence-electron chi connectivity index (χ1n) is 6.28. The zero-order chi connectivity index (χ0) is 12.0. The summed E-state index contributed by atoms with van der Waals surface area (Å²) in [6.45, 7) is 7.59. The fourth-order valence-electron chi connectivity index (χ4n) is 2.48. The molecule has 1 aromatic carbocycles. The van der Waals surface area contributed by atoms with Gasteiger partial charge < -0.3 is 9.73 Å². The largest absolute Gasteiger partial charge is 0.461 e. The maximum Gasteiger partial charge on any atom is 0.134 e. The van der Waals surface area contributed by atoms with Crippen molar-refractivity contribution < 1.29 is 4.42 Å². The van der Waals surface area contributed by atoms with Crippen LogP contribution in [0.4, 0.5) is 0 Å². The minimum atomic E-state index is 0.480. The molecule has 3 rings (SSSR count). The van der Waals surface area contributed by atoms with E-state index in [1.807, 2.05) is 12.1 Å². The summed E-state index contributed by atoms with van der Waals surface area (Å²) in [6.07, 6.45) is 1.28. The molecule has 17 heavy (non-hydrogen) atoms. The second kappa shape index (κ2) is 3.61. The highest BCUT2D eigenvalue weighted by Crippen LogP contribution is 2.44. The number of fused-ring (bicyclic) bond motifs is 1. The lowest BCUT2D eigenvalue weighted by molar-refractivity contribution is 0.530. The lowest BCUT2D eigenvalue weighted by Crippen LogP contribution is -2.20. The molecule has 0 amide bonds. The van der Waals surface area contributed by atoms with Gasteiger partial charge >= 0.3 is 0 Å². The summed E-state index contributed by atoms with van der Waals surface area (Å²) < 4.78 is 5.76. The smallest absolute Gasteiger partial charge is 0.134 e. The van der Waals surface area contributed by atoms with Gasteiger partial charge in [0, 0.05) is 23.5 Å². The van der Waals surface area contributed by atoms with Crippen LogP contribution in [0.15, 0.2) is 28.7 Å². The van der Waals surface area contributed by atoms with Crippen LogP contribution in [-0.4, -0.2) is 6.04 Å². The lowest BCUT2D eigenvalue weighted by atomic mass is 10.1. The van der Waals surface area contributed by atoms with Crippen molar-refractivity contribution in [1.82, 2.24) is 5.32 Å². The van der Waals surface area contributed by atoms with Gasteiger partial charge in [0.05, 0.1) is 0 Å². The molecule has 1 N–H and O–H groups in total. The number of rotatable bonds is 3. The van der Waals surface area contributed by atoms with Gasteiger partial charge in [0.25, 0.3) is 0 Å². The Morgan fingerprint density at radius 1 is 1.35 bits per heavy atom. The molecule has 1 heterocycles. The molecule has 1 aliphatic rings. The van der Waals surface area contributed by atoms with Crippen LogP contribution in [0.2, 0.25) is 0 Å². The van der Waals surface area contributed by atoms with Gasteiger partial charge in [-0.15, -0.1) is 0 Å². The third-order valence-corrected chi connectivity index (χ3v) is 3.94. The second-order valence-corrected chi connectivity index (χ2v) is 5.76. The first-order valence-corrected chi connectivity index (χ1v) is 6.28. The first-order chi connectivity index (χ1) is 8.08. The second-order valence-electron chi connectivity index (χ2n) is 5.76. The molecular weight excluding hydrogens is 210 g/mol. The minimum Gasteiger partial charge on any atom is -0.461 e. The zero-order valence-electron chi connectivity index (χ0n) is 10.7. The average Bonchev–Trinajstić information content (AvgIpc) is 2.77. The van der Waals surface area contributed by atoms with Crippen LogP contribution in [0.1, 0.15) is 31.6 Å². The molecule has 1 aliphatic carbocycles. The van der Waals surface area contributed by atoms with Crippen LogP contribution >= 0.6 is 0 Å². The number of aryl methyl sites for hydroxylation is 1. The summed E-state index contributed by atoms with van der Waals surface area (Å²) in [5.74, 6) is 1.04. The Labute approximate surface area is 102 Å². The molecule has 0 aliphatic heterocycles. The van der Waals surface area contributed by atoms with Gasteiger partial charge in [-0.05, 0) is 24.8 Å². The van der Waals surface area contributed by atoms with Crippen LogP contribution in [-0.2, 0) is 6.54 Å². The molecule has 0 radical (unpaired) electrons. The molecule has 90 valence electrons. The van der Waals surface area contributed by atoms with E-state index in [2.05, 4.69) is 38.2 Å². The van der Waals surface area contributed by atoms with Crippen molar-refractivity contribution in [3.63, 3.8) is 0 Å². The van der Waals surface area contributed by atoms with Crippen molar-refractivity contribution >= 4 is 11.0 Å². The SMILES string of the molecule is Cc1oc2ccccc2c1CNC1CC1(C)C. The van der Waals surface area contributed by atoms with E-state index in [0.29, 0.717) is 11.5 Å². The Kier molecular flexibility index (Phi) is 2.30. The first kappa shape index (κ1) is 10.8. The quantitative estimate of drug-likeness (QED) is 0.869. The fraction of sp³-hybridized carbons (Fsp3) is 0.467. The van der Waals surface area contributed by atoms with E-state index in [1.165, 1.54) is 17.4 Å². The molecule has 0 saturated heterocycles. The zero-order valence-corrected chi connectivity index (χ0v) is 10.7. The summed E-state index contributed by atoms with van der Waals surface area (Å²) in [7, 11) is 0. The van der Waals surface area contributed by atoms with Gasteiger partial charge in [-0.1, -0.05) is 32.0 Å². The van der Waals surface area contributed by atoms with Crippen LogP contribution in [0, 0.1) is 12.3 Å². The van der Waals surface area contributed by atoms with Crippen LogP contribution in [0.25, 0.3) is 11.0 Å². The van der Waals surface area contributed by atoms with Gasteiger partial charge in [-0.2, -0.15) is 0 Å². The molecule has 0 bridgehead atoms. The molecule has 2 nitrogen and oxygen atoms in total. The van der Waals surface area contributed by atoms with Gasteiger partial charge in [0.1, 0.15) is 11.3 Å². The molecule has 1 fully saturated rings. The highest BCUT2D eigenvalue weighted by Gasteiger charge is 2.45. The minimum absolute atomic E-state index is 0.480. The molecule has 1 atom stereocenters. The van der Waals surface area contributed by atoms with Gasteiger partial charge in [0.2, 0.25) is 0 Å². The van der Waals surface area contributed by atoms with E-state index in [9.17, 15) is 0 Å². The fourth-order valence-corrected chi connectivity index (χ4v) is 2.48. The van der Waals surface area contributed by atoms with E-state index >= 15 is 0 Å². The normalized spacial score (nSPS) is 21.9. The van der Waals surface area contributed by atoms with Crippen molar-refractivity contribution in [3.05, 3.63) is 35.6 Å². The number of para-hydroxylation sites is 1. The van der Waals surface area contributed by atoms with Crippen LogP contribution in [0.3, 0.4) is 0 Å². The van der Waals surface area contributed by atoms with Crippen molar-refractivity contribution in [1.29, 1.82) is 0 Å². The lowest BCUT2D eigenvalue weighted by Gasteiger charge is -2.06. The average molecular weight is 229 g/mol. The van der Waals surface area contributed by atoms with E-state index in [4.69, 9.17) is 4.42 Å². The van der Waals surface area contributed by atoms with Crippen molar-refractivity contribution in [3.8, 4) is 0 Å².